The molecule has 4 aromatic rings. The van der Waals surface area contributed by atoms with E-state index in [9.17, 15) is 4.79 Å². The maximum Gasteiger partial charge on any atom is 0.360 e. The summed E-state index contributed by atoms with van der Waals surface area (Å²) in [7, 11) is 0. The smallest absolute Gasteiger partial charge is 0.360 e. The molecule has 0 bridgehead atoms. The summed E-state index contributed by atoms with van der Waals surface area (Å²) < 4.78 is 12.1. The number of hydrogen-bond acceptors (Lipinski definition) is 10. The van der Waals surface area contributed by atoms with E-state index in [1.54, 1.807) is 13.8 Å². The van der Waals surface area contributed by atoms with Gasteiger partial charge >= 0.3 is 5.97 Å². The molecule has 0 N–H and O–H groups in total. The molecule has 1 saturated heterocycles. The zero-order valence-corrected chi connectivity index (χ0v) is 20.1. The van der Waals surface area contributed by atoms with Crippen molar-refractivity contribution < 1.29 is 14.3 Å². The summed E-state index contributed by atoms with van der Waals surface area (Å²) in [6.07, 6.45) is 0. The fourth-order valence-corrected chi connectivity index (χ4v) is 3.88. The van der Waals surface area contributed by atoms with Crippen molar-refractivity contribution in [1.29, 1.82) is 0 Å². The lowest BCUT2D eigenvalue weighted by Crippen LogP contribution is -2.38. The molecule has 0 unspecified atom stereocenters. The zero-order chi connectivity index (χ0) is 24.9. The zero-order valence-electron chi connectivity index (χ0n) is 20.1. The van der Waals surface area contributed by atoms with Crippen LogP contribution in [0.2, 0.25) is 0 Å². The first-order chi connectivity index (χ1) is 17.7. The van der Waals surface area contributed by atoms with Crippen LogP contribution in [0.5, 0.6) is 0 Å². The number of anilines is 4. The standard InChI is InChI=1S/C25H26N8O3/c1-3-36-22(34)21-18(2)33(30-29-21)25-27-23(31-14-16-35-17-15-31)26-24(28-25)32(19-10-6-4-7-11-19)20-12-8-5-9-13-20/h4-13H,3,14-17H2,1-2H3. The van der Waals surface area contributed by atoms with Crippen molar-refractivity contribution in [3.05, 3.63) is 72.1 Å². The molecule has 0 spiro atoms. The Bertz CT molecular complexity index is 1280. The van der Waals surface area contributed by atoms with Crippen LogP contribution in [-0.4, -0.2) is 68.8 Å². The molecule has 1 aliphatic heterocycles. The third kappa shape index (κ3) is 4.73. The van der Waals surface area contributed by atoms with Gasteiger partial charge in [0.05, 0.1) is 25.5 Å². The molecule has 0 radical (unpaired) electrons. The molecule has 184 valence electrons. The summed E-state index contributed by atoms with van der Waals surface area (Å²) >= 11 is 0. The van der Waals surface area contributed by atoms with Gasteiger partial charge in [-0.05, 0) is 38.1 Å². The lowest BCUT2D eigenvalue weighted by molar-refractivity contribution is 0.0518. The molecule has 0 aliphatic carbocycles. The summed E-state index contributed by atoms with van der Waals surface area (Å²) in [6, 6.07) is 19.7. The minimum absolute atomic E-state index is 0.120. The molecule has 36 heavy (non-hydrogen) atoms. The maximum absolute atomic E-state index is 12.3. The van der Waals surface area contributed by atoms with Gasteiger partial charge in [-0.3, -0.25) is 4.90 Å². The largest absolute Gasteiger partial charge is 0.461 e. The van der Waals surface area contributed by atoms with Crippen LogP contribution in [0.25, 0.3) is 5.95 Å². The number of ether oxygens (including phenoxy) is 2. The molecule has 0 amide bonds. The number of morpholine rings is 1. The molecule has 3 heterocycles. The third-order valence-electron chi connectivity index (χ3n) is 5.68. The van der Waals surface area contributed by atoms with Gasteiger partial charge in [0.2, 0.25) is 11.9 Å². The van der Waals surface area contributed by atoms with Crippen LogP contribution in [0.15, 0.2) is 60.7 Å². The topological polar surface area (TPSA) is 111 Å². The Morgan fingerprint density at radius 1 is 0.944 bits per heavy atom. The summed E-state index contributed by atoms with van der Waals surface area (Å²) in [6.45, 7) is 6.15. The Balaban J connectivity index is 1.67. The van der Waals surface area contributed by atoms with E-state index in [0.717, 1.165) is 11.4 Å². The Labute approximate surface area is 208 Å². The molecular formula is C25H26N8O3. The van der Waals surface area contributed by atoms with E-state index >= 15 is 0 Å². The summed E-state index contributed by atoms with van der Waals surface area (Å²) in [4.78, 5) is 30.7. The van der Waals surface area contributed by atoms with Crippen molar-refractivity contribution in [2.24, 2.45) is 0 Å². The number of carbonyl (C=O) groups is 1. The Kier molecular flexibility index (Phi) is 6.80. The highest BCUT2D eigenvalue weighted by molar-refractivity contribution is 5.88. The molecule has 11 nitrogen and oxygen atoms in total. The molecule has 11 heteroatoms. The molecule has 0 atom stereocenters. The number of para-hydroxylation sites is 2. The maximum atomic E-state index is 12.3. The minimum Gasteiger partial charge on any atom is -0.461 e. The SMILES string of the molecule is CCOC(=O)c1nnn(-c2nc(N3CCOCC3)nc(N(c3ccccc3)c3ccccc3)n2)c1C. The first-order valence-electron chi connectivity index (χ1n) is 11.7. The molecular weight excluding hydrogens is 460 g/mol. The van der Waals surface area contributed by atoms with Crippen molar-refractivity contribution in [1.82, 2.24) is 29.9 Å². The molecule has 1 aliphatic rings. The average molecular weight is 487 g/mol. The quantitative estimate of drug-likeness (QED) is 0.361. The van der Waals surface area contributed by atoms with Crippen LogP contribution >= 0.6 is 0 Å². The van der Waals surface area contributed by atoms with Crippen LogP contribution in [0.1, 0.15) is 23.1 Å². The summed E-state index contributed by atoms with van der Waals surface area (Å²) in [5.41, 5.74) is 2.37. The average Bonchev–Trinajstić information content (AvgIpc) is 3.32. The normalized spacial score (nSPS) is 13.4. The van der Waals surface area contributed by atoms with Gasteiger partial charge in [0, 0.05) is 24.5 Å². The van der Waals surface area contributed by atoms with Gasteiger partial charge in [-0.2, -0.15) is 19.6 Å². The van der Waals surface area contributed by atoms with E-state index in [0.29, 0.717) is 43.9 Å². The van der Waals surface area contributed by atoms with Gasteiger partial charge < -0.3 is 14.4 Å². The number of benzene rings is 2. The number of rotatable bonds is 7. The first-order valence-corrected chi connectivity index (χ1v) is 11.7. The van der Waals surface area contributed by atoms with Crippen molar-refractivity contribution in [2.45, 2.75) is 13.8 Å². The molecule has 0 saturated carbocycles. The Hall–Kier alpha value is -4.38. The van der Waals surface area contributed by atoms with Crippen molar-refractivity contribution in [3.8, 4) is 5.95 Å². The number of nitrogens with zero attached hydrogens (tertiary/aromatic N) is 8. The number of carbonyl (C=O) groups excluding carboxylic acids is 1. The van der Waals surface area contributed by atoms with Gasteiger partial charge in [-0.25, -0.2) is 4.79 Å². The fourth-order valence-electron chi connectivity index (χ4n) is 3.88. The van der Waals surface area contributed by atoms with Gasteiger partial charge in [-0.15, -0.1) is 5.10 Å². The highest BCUT2D eigenvalue weighted by Gasteiger charge is 2.25. The predicted octanol–water partition coefficient (Wildman–Crippen LogP) is 3.24. The van der Waals surface area contributed by atoms with Crippen LogP contribution in [-0.2, 0) is 9.47 Å². The lowest BCUT2D eigenvalue weighted by atomic mass is 10.2. The number of aromatic nitrogens is 6. The van der Waals surface area contributed by atoms with E-state index in [-0.39, 0.29) is 18.2 Å². The third-order valence-corrected chi connectivity index (χ3v) is 5.68. The molecule has 1 fully saturated rings. The molecule has 2 aromatic carbocycles. The van der Waals surface area contributed by atoms with Crippen molar-refractivity contribution in [3.63, 3.8) is 0 Å². The highest BCUT2D eigenvalue weighted by Crippen LogP contribution is 2.33. The lowest BCUT2D eigenvalue weighted by Gasteiger charge is -2.29. The Morgan fingerprint density at radius 2 is 1.56 bits per heavy atom. The van der Waals surface area contributed by atoms with E-state index in [2.05, 4.69) is 10.3 Å². The second kappa shape index (κ2) is 10.5. The number of esters is 1. The van der Waals surface area contributed by atoms with E-state index < -0.39 is 5.97 Å². The second-order valence-corrected chi connectivity index (χ2v) is 8.00. The van der Waals surface area contributed by atoms with Crippen LogP contribution in [0.4, 0.5) is 23.3 Å². The van der Waals surface area contributed by atoms with E-state index in [4.69, 9.17) is 24.4 Å². The van der Waals surface area contributed by atoms with Gasteiger partial charge in [0.15, 0.2) is 5.69 Å². The molecule has 2 aromatic heterocycles. The summed E-state index contributed by atoms with van der Waals surface area (Å²) in [5, 5.41) is 8.21. The minimum atomic E-state index is -0.542. The Morgan fingerprint density at radius 3 is 2.17 bits per heavy atom. The van der Waals surface area contributed by atoms with Gasteiger partial charge in [0.25, 0.3) is 5.95 Å². The van der Waals surface area contributed by atoms with Crippen molar-refractivity contribution in [2.75, 3.05) is 42.7 Å². The van der Waals surface area contributed by atoms with E-state index in [1.165, 1.54) is 4.68 Å². The van der Waals surface area contributed by atoms with Gasteiger partial charge in [0.1, 0.15) is 0 Å². The fraction of sp³-hybridized carbons (Fsp3) is 0.280. The second-order valence-electron chi connectivity index (χ2n) is 8.00. The first kappa shape index (κ1) is 23.4. The monoisotopic (exact) mass is 486 g/mol. The van der Waals surface area contributed by atoms with Crippen molar-refractivity contribution >= 4 is 29.2 Å². The molecule has 5 rings (SSSR count). The van der Waals surface area contributed by atoms with Crippen LogP contribution in [0.3, 0.4) is 0 Å². The summed E-state index contributed by atoms with van der Waals surface area (Å²) in [5.74, 6) is 0.604. The highest BCUT2D eigenvalue weighted by atomic mass is 16.5. The van der Waals surface area contributed by atoms with Crippen LogP contribution < -0.4 is 9.80 Å². The predicted molar refractivity (Wildman–Crippen MR) is 133 cm³/mol. The van der Waals surface area contributed by atoms with Crippen LogP contribution in [0, 0.1) is 6.92 Å². The van der Waals surface area contributed by atoms with Gasteiger partial charge in [-0.1, -0.05) is 41.6 Å². The van der Waals surface area contributed by atoms with E-state index in [1.807, 2.05) is 70.5 Å². The number of hydrogen-bond donors (Lipinski definition) is 0.